The molecule has 4 aliphatic rings. The van der Waals surface area contributed by atoms with Crippen LogP contribution in [0.2, 0.25) is 0 Å². The first kappa shape index (κ1) is 101. The Morgan fingerprint density at radius 3 is 1.02 bits per heavy atom. The van der Waals surface area contributed by atoms with Crippen molar-refractivity contribution in [2.75, 3.05) is 206 Å². The van der Waals surface area contributed by atoms with Gasteiger partial charge in [0.2, 0.25) is 0 Å². The van der Waals surface area contributed by atoms with E-state index in [9.17, 15) is 38.7 Å². The van der Waals surface area contributed by atoms with Gasteiger partial charge in [0.25, 0.3) is 28.9 Å². The van der Waals surface area contributed by atoms with Gasteiger partial charge in [-0.05, 0) is 133 Å². The third-order valence-corrected chi connectivity index (χ3v) is 19.0. The lowest BCUT2D eigenvalue weighted by atomic mass is 10.2. The summed E-state index contributed by atoms with van der Waals surface area (Å²) >= 11 is 8.35. The van der Waals surface area contributed by atoms with E-state index in [1.165, 1.54) is 4.90 Å². The van der Waals surface area contributed by atoms with E-state index in [2.05, 4.69) is 61.4 Å². The third kappa shape index (κ3) is 41.7. The smallest absolute Gasteiger partial charge is 0.410 e. The molecule has 28 nitrogen and oxygen atoms in total. The number of benzene rings is 5. The Morgan fingerprint density at radius 1 is 0.424 bits per heavy atom. The van der Waals surface area contributed by atoms with Gasteiger partial charge in [-0.15, -0.1) is 0 Å². The Morgan fingerprint density at radius 2 is 0.729 bits per heavy atom. The van der Waals surface area contributed by atoms with E-state index in [4.69, 9.17) is 36.4 Å². The number of rotatable bonds is 21. The molecule has 4 saturated heterocycles. The Balaban J connectivity index is 0.000000296. The molecule has 7 N–H and O–H groups in total. The number of pyridine rings is 2. The zero-order valence-corrected chi connectivity index (χ0v) is 73.1. The van der Waals surface area contributed by atoms with Gasteiger partial charge >= 0.3 is 12.2 Å². The van der Waals surface area contributed by atoms with Gasteiger partial charge in [-0.2, -0.15) is 0 Å². The number of piperazine rings is 4. The van der Waals surface area contributed by atoms with E-state index >= 15 is 0 Å². The Bertz CT molecular complexity index is 3950. The Hall–Kier alpha value is -9.50. The monoisotopic (exact) mass is 1720 g/mol. The van der Waals surface area contributed by atoms with Crippen molar-refractivity contribution in [1.29, 1.82) is 0 Å². The van der Waals surface area contributed by atoms with Crippen LogP contribution in [0, 0.1) is 0 Å². The number of halogens is 2. The zero-order valence-electron chi connectivity index (χ0n) is 70.8. The Kier molecular flexibility index (Phi) is 48.6. The van der Waals surface area contributed by atoms with Crippen molar-refractivity contribution in [1.82, 2.24) is 74.9 Å². The SMILES string of the molecule is CC(C)(C)OC(=O)N1CCNCC1.CN(CCN1CCN(C(=O)OC(C)(C)C)CC1)C(=O)c1ccccc1.CN(CCN1CCN(Cc2ncccc2O)CC1)C(=O)c1ccccc1.CN(CCN1CCNCC1)C(=O)c1ccccc1.CN(CCO)C(=O)c1ccccc1.CNCCO.O=C(Cl)c1ccccc1.Oc1cccnc1CBr. The van der Waals surface area contributed by atoms with Crippen molar-refractivity contribution in [2.24, 2.45) is 0 Å². The summed E-state index contributed by atoms with van der Waals surface area (Å²) in [6.45, 7) is 32.2. The van der Waals surface area contributed by atoms with E-state index < -0.39 is 10.8 Å². The van der Waals surface area contributed by atoms with Gasteiger partial charge in [0.05, 0.1) is 24.6 Å². The summed E-state index contributed by atoms with van der Waals surface area (Å²) < 4.78 is 10.6. The quantitative estimate of drug-likeness (QED) is 0.0260. The molecule has 0 saturated carbocycles. The first-order chi connectivity index (χ1) is 56.5. The maximum Gasteiger partial charge on any atom is 0.410 e. The first-order valence-electron chi connectivity index (χ1n) is 39.9. The average Bonchev–Trinajstić information content (AvgIpc) is 0.869. The van der Waals surface area contributed by atoms with Crippen molar-refractivity contribution in [3.8, 4) is 11.5 Å². The summed E-state index contributed by atoms with van der Waals surface area (Å²) in [6, 6.07) is 52.7. The maximum absolute atomic E-state index is 12.4. The number of aromatic nitrogens is 2. The van der Waals surface area contributed by atoms with Crippen LogP contribution in [0.1, 0.15) is 105 Å². The molecule has 6 amide bonds. The maximum atomic E-state index is 12.4. The molecule has 0 unspecified atom stereocenters. The summed E-state index contributed by atoms with van der Waals surface area (Å²) in [7, 11) is 9.03. The molecule has 0 bridgehead atoms. The summed E-state index contributed by atoms with van der Waals surface area (Å²) in [6.07, 6.45) is 2.92. The summed E-state index contributed by atoms with van der Waals surface area (Å²) in [5.41, 5.74) is 3.95. The number of alkyl halides is 1. The van der Waals surface area contributed by atoms with Crippen LogP contribution in [0.4, 0.5) is 9.59 Å². The van der Waals surface area contributed by atoms with Crippen LogP contribution >= 0.6 is 27.5 Å². The molecule has 6 heterocycles. The molecule has 0 radical (unpaired) electrons. The lowest BCUT2D eigenvalue weighted by Crippen LogP contribution is -2.51. The fraction of sp³-hybridized carbons (Fsp3) is 0.466. The van der Waals surface area contributed by atoms with Crippen LogP contribution in [0.3, 0.4) is 0 Å². The van der Waals surface area contributed by atoms with Gasteiger partial charge in [0.15, 0.2) is 0 Å². The number of carbonyl (C=O) groups is 7. The van der Waals surface area contributed by atoms with Gasteiger partial charge in [0, 0.05) is 237 Å². The van der Waals surface area contributed by atoms with Crippen LogP contribution < -0.4 is 16.0 Å². The minimum atomic E-state index is -0.464. The van der Waals surface area contributed by atoms with Crippen LogP contribution in [0.15, 0.2) is 188 Å². The summed E-state index contributed by atoms with van der Waals surface area (Å²) in [5, 5.41) is 45.0. The largest absolute Gasteiger partial charge is 0.506 e. The molecule has 4 aliphatic heterocycles. The fourth-order valence-electron chi connectivity index (χ4n) is 11.4. The number of carbonyl (C=O) groups excluding carboxylic acids is 7. The van der Waals surface area contributed by atoms with Crippen LogP contribution in [-0.4, -0.2) is 337 Å². The Labute approximate surface area is 712 Å². The number of likely N-dealkylation sites (N-methyl/N-ethyl adjacent to an activating group) is 5. The molecule has 11 rings (SSSR count). The number of amides is 6. The number of nitrogens with zero attached hydrogens (tertiary/aromatic N) is 12. The predicted molar refractivity (Wildman–Crippen MR) is 469 cm³/mol. The molecule has 30 heteroatoms. The van der Waals surface area contributed by atoms with Gasteiger partial charge < -0.3 is 75.2 Å². The molecule has 0 aliphatic carbocycles. The molecular weight excluding hydrogens is 1590 g/mol. The van der Waals surface area contributed by atoms with E-state index in [1.807, 2.05) is 178 Å². The van der Waals surface area contributed by atoms with Crippen LogP contribution in [-0.2, 0) is 21.3 Å². The highest BCUT2D eigenvalue weighted by atomic mass is 79.9. The number of hydrogen-bond acceptors (Lipinski definition) is 22. The number of aromatic hydroxyl groups is 2. The lowest BCUT2D eigenvalue weighted by Gasteiger charge is -2.36. The van der Waals surface area contributed by atoms with Crippen LogP contribution in [0.5, 0.6) is 11.5 Å². The highest BCUT2D eigenvalue weighted by molar-refractivity contribution is 9.08. The molecule has 7 aromatic rings. The second-order valence-electron chi connectivity index (χ2n) is 29.9. The van der Waals surface area contributed by atoms with E-state index in [-0.39, 0.29) is 66.1 Å². The number of ether oxygens (including phenoxy) is 2. The predicted octanol–water partition coefficient (Wildman–Crippen LogP) is 9.18. The molecule has 4 fully saturated rings. The lowest BCUT2D eigenvalue weighted by molar-refractivity contribution is 0.0139. The first-order valence-corrected chi connectivity index (χ1v) is 41.4. The number of aliphatic hydroxyl groups excluding tert-OH is 2. The minimum Gasteiger partial charge on any atom is -0.506 e. The highest BCUT2D eigenvalue weighted by Crippen LogP contribution is 2.19. The van der Waals surface area contributed by atoms with Gasteiger partial charge in [0.1, 0.15) is 22.7 Å². The van der Waals surface area contributed by atoms with Crippen LogP contribution in [0.25, 0.3) is 0 Å². The minimum absolute atomic E-state index is 0.00489. The molecule has 0 atom stereocenters. The van der Waals surface area contributed by atoms with Crippen molar-refractivity contribution < 1.29 is 63.5 Å². The molecule has 118 heavy (non-hydrogen) atoms. The molecule has 0 spiro atoms. The van der Waals surface area contributed by atoms with Gasteiger partial charge in [-0.25, -0.2) is 9.59 Å². The van der Waals surface area contributed by atoms with Gasteiger partial charge in [-0.3, -0.25) is 53.5 Å². The second kappa shape index (κ2) is 56.8. The molecule has 646 valence electrons. The highest BCUT2D eigenvalue weighted by Gasteiger charge is 2.28. The summed E-state index contributed by atoms with van der Waals surface area (Å²) in [5.74, 6) is 0.647. The number of hydrogen-bond donors (Lipinski definition) is 7. The number of aliphatic hydroxyl groups is 2. The van der Waals surface area contributed by atoms with E-state index in [0.717, 1.165) is 141 Å². The standard InChI is InChI=1S/C20H26N4O2.C19H29N3O3.C14H21N3O.C10H13NO2.C9H18N2O2.C7H5ClO.C6H6BrNO.C3H9NO/c1-22(20(26)17-6-3-2-4-7-17)10-11-23-12-14-24(15-13-23)16-18-19(25)8-5-9-21-18;1-19(2,3)25-18(24)22-14-12-21(13-15-22)11-10-20(4)17(23)16-8-6-5-7-9-16;1-16(11-12-17-9-7-15-8-10-17)14(18)13-5-3-2-4-6-13;1-11(7-8-12)10(13)9-5-3-2-4-6-9;1-9(2,3)13-8(12)11-6-4-10-5-7-11;8-7(9)6-4-2-1-3-5-6;7-4-5-6(9)2-1-3-8-5;1-4-2-3-5/h2-9,25H,10-16H2,1H3;5-9H,10-15H2,1-4H3;2-6,15H,7-12H2,1H3;2-6,12H,7-8H2,1H3;10H,4-7H2,1-3H3;1-5H;1-3,9H,4H2;4-5H,2-3H2,1H3. The van der Waals surface area contributed by atoms with Crippen molar-refractivity contribution in [3.05, 3.63) is 228 Å². The summed E-state index contributed by atoms with van der Waals surface area (Å²) in [4.78, 5) is 110. The number of nitrogens with one attached hydrogen (secondary N) is 3. The third-order valence-electron chi connectivity index (χ3n) is 18.2. The topological polar surface area (TPSA) is 313 Å². The fourth-order valence-corrected chi connectivity index (χ4v) is 11.9. The average molecular weight is 1720 g/mol. The van der Waals surface area contributed by atoms with Gasteiger partial charge in [-0.1, -0.05) is 119 Å². The van der Waals surface area contributed by atoms with E-state index in [0.29, 0.717) is 67.0 Å². The molecule has 5 aromatic carbocycles. The van der Waals surface area contributed by atoms with Crippen molar-refractivity contribution >= 4 is 68.6 Å². The van der Waals surface area contributed by atoms with E-state index in [1.54, 1.807) is 112 Å². The molecular formula is C88H127BrClN15O13. The molecule has 2 aromatic heterocycles. The van der Waals surface area contributed by atoms with Crippen molar-refractivity contribution in [3.63, 3.8) is 0 Å². The van der Waals surface area contributed by atoms with Crippen molar-refractivity contribution in [2.45, 2.75) is 64.6 Å². The second-order valence-corrected chi connectivity index (χ2v) is 30.8. The zero-order chi connectivity index (χ0) is 86.7. The normalized spacial score (nSPS) is 14.2.